The molecule has 0 amide bonds. The molecule has 0 fully saturated rings. The summed E-state index contributed by atoms with van der Waals surface area (Å²) in [4.78, 5) is 0. The van der Waals surface area contributed by atoms with Crippen molar-refractivity contribution in [2.24, 2.45) is 0 Å². The van der Waals surface area contributed by atoms with Gasteiger partial charge in [0.25, 0.3) is 0 Å². The number of H-pyrrole nitrogens is 1. The molecule has 0 unspecified atom stereocenters. The standard InChI is InChI=1S/C8H16N4/c1-3-6(4-2)11-7-5-10-12-8(7)9/h5-6,11H,3-4H2,1-2H3,(H3,9,10,12). The van der Waals surface area contributed by atoms with Gasteiger partial charge in [-0.25, -0.2) is 0 Å². The molecule has 0 aliphatic heterocycles. The molecule has 0 spiro atoms. The molecular formula is C8H16N4. The molecule has 4 N–H and O–H groups in total. The molecule has 1 rings (SSSR count). The fourth-order valence-corrected chi connectivity index (χ4v) is 1.12. The van der Waals surface area contributed by atoms with Crippen molar-refractivity contribution in [3.63, 3.8) is 0 Å². The molecule has 0 aliphatic rings. The number of aromatic nitrogens is 2. The molecule has 1 heterocycles. The lowest BCUT2D eigenvalue weighted by Gasteiger charge is -2.14. The van der Waals surface area contributed by atoms with E-state index in [0.29, 0.717) is 11.9 Å². The van der Waals surface area contributed by atoms with Crippen LogP contribution in [0.3, 0.4) is 0 Å². The monoisotopic (exact) mass is 168 g/mol. The number of nitrogen functional groups attached to an aromatic ring is 1. The van der Waals surface area contributed by atoms with Crippen molar-refractivity contribution in [2.75, 3.05) is 11.1 Å². The molecule has 4 nitrogen and oxygen atoms in total. The summed E-state index contributed by atoms with van der Waals surface area (Å²) in [7, 11) is 0. The molecule has 0 saturated carbocycles. The van der Waals surface area contributed by atoms with Gasteiger partial charge < -0.3 is 11.1 Å². The zero-order chi connectivity index (χ0) is 8.97. The van der Waals surface area contributed by atoms with E-state index in [9.17, 15) is 0 Å². The quantitative estimate of drug-likeness (QED) is 0.639. The van der Waals surface area contributed by atoms with E-state index in [-0.39, 0.29) is 0 Å². The van der Waals surface area contributed by atoms with Gasteiger partial charge in [-0.05, 0) is 12.8 Å². The van der Waals surface area contributed by atoms with Gasteiger partial charge >= 0.3 is 0 Å². The average molecular weight is 168 g/mol. The first-order valence-corrected chi connectivity index (χ1v) is 4.33. The highest BCUT2D eigenvalue weighted by Gasteiger charge is 2.05. The van der Waals surface area contributed by atoms with Crippen molar-refractivity contribution in [1.82, 2.24) is 10.2 Å². The van der Waals surface area contributed by atoms with Gasteiger partial charge in [-0.2, -0.15) is 5.10 Å². The number of hydrogen-bond acceptors (Lipinski definition) is 3. The van der Waals surface area contributed by atoms with Crippen molar-refractivity contribution in [1.29, 1.82) is 0 Å². The summed E-state index contributed by atoms with van der Waals surface area (Å²) < 4.78 is 0. The molecule has 0 bridgehead atoms. The van der Waals surface area contributed by atoms with Crippen molar-refractivity contribution < 1.29 is 0 Å². The highest BCUT2D eigenvalue weighted by molar-refractivity contribution is 5.60. The van der Waals surface area contributed by atoms with E-state index in [2.05, 4.69) is 29.4 Å². The molecule has 0 aliphatic carbocycles. The fourth-order valence-electron chi connectivity index (χ4n) is 1.12. The van der Waals surface area contributed by atoms with Crippen LogP contribution in [0, 0.1) is 0 Å². The number of rotatable bonds is 4. The van der Waals surface area contributed by atoms with Crippen LogP contribution in [0.4, 0.5) is 11.5 Å². The topological polar surface area (TPSA) is 66.7 Å². The van der Waals surface area contributed by atoms with Crippen LogP contribution in [0.5, 0.6) is 0 Å². The Morgan fingerprint density at radius 2 is 2.25 bits per heavy atom. The van der Waals surface area contributed by atoms with E-state index >= 15 is 0 Å². The molecule has 0 saturated heterocycles. The zero-order valence-corrected chi connectivity index (χ0v) is 7.59. The van der Waals surface area contributed by atoms with E-state index in [1.807, 2.05) is 0 Å². The van der Waals surface area contributed by atoms with Gasteiger partial charge in [0.2, 0.25) is 0 Å². The Morgan fingerprint density at radius 3 is 2.67 bits per heavy atom. The Balaban J connectivity index is 2.56. The molecule has 0 atom stereocenters. The third kappa shape index (κ3) is 1.90. The second-order valence-corrected chi connectivity index (χ2v) is 2.86. The summed E-state index contributed by atoms with van der Waals surface area (Å²) in [5.41, 5.74) is 6.52. The van der Waals surface area contributed by atoms with Gasteiger partial charge in [0.05, 0.1) is 11.9 Å². The summed E-state index contributed by atoms with van der Waals surface area (Å²) in [6.07, 6.45) is 3.91. The van der Waals surface area contributed by atoms with Crippen LogP contribution in [0.2, 0.25) is 0 Å². The minimum absolute atomic E-state index is 0.491. The SMILES string of the molecule is CCC(CC)Nc1cn[nH]c1N. The predicted octanol–water partition coefficient (Wildman–Crippen LogP) is 1.59. The maximum atomic E-state index is 5.62. The van der Waals surface area contributed by atoms with Crippen molar-refractivity contribution in [3.05, 3.63) is 6.20 Å². The first kappa shape index (κ1) is 8.90. The van der Waals surface area contributed by atoms with Crippen LogP contribution in [-0.2, 0) is 0 Å². The summed E-state index contributed by atoms with van der Waals surface area (Å²) >= 11 is 0. The largest absolute Gasteiger partial charge is 0.382 e. The number of anilines is 2. The van der Waals surface area contributed by atoms with E-state index in [4.69, 9.17) is 5.73 Å². The maximum Gasteiger partial charge on any atom is 0.142 e. The number of aromatic amines is 1. The van der Waals surface area contributed by atoms with E-state index in [1.165, 1.54) is 0 Å². The number of nitrogens with two attached hydrogens (primary N) is 1. The van der Waals surface area contributed by atoms with Crippen LogP contribution < -0.4 is 11.1 Å². The van der Waals surface area contributed by atoms with Gasteiger partial charge in [0.1, 0.15) is 5.82 Å². The minimum atomic E-state index is 0.491. The molecule has 4 heteroatoms. The Bertz CT molecular complexity index is 227. The zero-order valence-electron chi connectivity index (χ0n) is 7.59. The summed E-state index contributed by atoms with van der Waals surface area (Å²) in [5.74, 6) is 0.613. The Morgan fingerprint density at radius 1 is 1.58 bits per heavy atom. The van der Waals surface area contributed by atoms with E-state index < -0.39 is 0 Å². The number of nitrogens with one attached hydrogen (secondary N) is 2. The lowest BCUT2D eigenvalue weighted by molar-refractivity contribution is 0.672. The Kier molecular flexibility index (Phi) is 2.96. The third-order valence-corrected chi connectivity index (χ3v) is 2.01. The fraction of sp³-hybridized carbons (Fsp3) is 0.625. The van der Waals surface area contributed by atoms with Gasteiger partial charge in [-0.15, -0.1) is 0 Å². The first-order valence-electron chi connectivity index (χ1n) is 4.33. The van der Waals surface area contributed by atoms with Crippen molar-refractivity contribution in [2.45, 2.75) is 32.7 Å². The van der Waals surface area contributed by atoms with Crippen molar-refractivity contribution in [3.8, 4) is 0 Å². The second kappa shape index (κ2) is 3.99. The van der Waals surface area contributed by atoms with Crippen LogP contribution in [0.15, 0.2) is 6.20 Å². The summed E-state index contributed by atoms with van der Waals surface area (Å²) in [6.45, 7) is 4.30. The summed E-state index contributed by atoms with van der Waals surface area (Å²) in [5, 5.41) is 9.83. The molecule has 1 aromatic heterocycles. The highest BCUT2D eigenvalue weighted by atomic mass is 15.2. The third-order valence-electron chi connectivity index (χ3n) is 2.01. The van der Waals surface area contributed by atoms with Gasteiger partial charge in [0.15, 0.2) is 0 Å². The first-order chi connectivity index (χ1) is 5.77. The number of hydrogen-bond donors (Lipinski definition) is 3. The van der Waals surface area contributed by atoms with E-state index in [0.717, 1.165) is 18.5 Å². The second-order valence-electron chi connectivity index (χ2n) is 2.86. The molecule has 0 radical (unpaired) electrons. The maximum absolute atomic E-state index is 5.62. The van der Waals surface area contributed by atoms with Gasteiger partial charge in [-0.3, -0.25) is 5.10 Å². The van der Waals surface area contributed by atoms with Crippen LogP contribution in [0.1, 0.15) is 26.7 Å². The van der Waals surface area contributed by atoms with Crippen LogP contribution >= 0.6 is 0 Å². The minimum Gasteiger partial charge on any atom is -0.382 e. The number of nitrogens with zero attached hydrogens (tertiary/aromatic N) is 1. The van der Waals surface area contributed by atoms with Crippen molar-refractivity contribution >= 4 is 11.5 Å². The molecule has 1 aromatic rings. The lowest BCUT2D eigenvalue weighted by Crippen LogP contribution is -2.17. The molecular weight excluding hydrogens is 152 g/mol. The normalized spacial score (nSPS) is 10.6. The lowest BCUT2D eigenvalue weighted by atomic mass is 10.2. The van der Waals surface area contributed by atoms with E-state index in [1.54, 1.807) is 6.20 Å². The average Bonchev–Trinajstić information content (AvgIpc) is 2.47. The highest BCUT2D eigenvalue weighted by Crippen LogP contribution is 2.16. The van der Waals surface area contributed by atoms with Gasteiger partial charge in [0, 0.05) is 6.04 Å². The Labute approximate surface area is 72.5 Å². The molecule has 0 aromatic carbocycles. The Hall–Kier alpha value is -1.19. The molecule has 12 heavy (non-hydrogen) atoms. The summed E-state index contributed by atoms with van der Waals surface area (Å²) in [6, 6.07) is 0.491. The molecule has 68 valence electrons. The smallest absolute Gasteiger partial charge is 0.142 e. The predicted molar refractivity (Wildman–Crippen MR) is 51.0 cm³/mol. The van der Waals surface area contributed by atoms with Crippen LogP contribution in [0.25, 0.3) is 0 Å². The van der Waals surface area contributed by atoms with Crippen LogP contribution in [-0.4, -0.2) is 16.2 Å². The van der Waals surface area contributed by atoms with Gasteiger partial charge in [-0.1, -0.05) is 13.8 Å².